The van der Waals surface area contributed by atoms with E-state index in [-0.39, 0.29) is 55.5 Å². The fourth-order valence-corrected chi connectivity index (χ4v) is 5.15. The van der Waals surface area contributed by atoms with Crippen molar-refractivity contribution in [2.45, 2.75) is 25.7 Å². The van der Waals surface area contributed by atoms with E-state index in [9.17, 15) is 26.4 Å². The van der Waals surface area contributed by atoms with Crippen molar-refractivity contribution in [3.05, 3.63) is 82.0 Å². The zero-order valence-electron chi connectivity index (χ0n) is 19.7. The Morgan fingerprint density at radius 3 is 2.25 bits per heavy atom. The van der Waals surface area contributed by atoms with Gasteiger partial charge in [0.1, 0.15) is 29.7 Å². The molecule has 1 aliphatic rings. The Bertz CT molecular complexity index is 1400. The van der Waals surface area contributed by atoms with E-state index in [0.717, 1.165) is 16.8 Å². The third-order valence-corrected chi connectivity index (χ3v) is 8.15. The quantitative estimate of drug-likeness (QED) is 0.474. The van der Waals surface area contributed by atoms with E-state index in [0.29, 0.717) is 6.07 Å². The molecule has 3 aromatic rings. The number of rotatable bonds is 7. The van der Waals surface area contributed by atoms with E-state index in [1.165, 1.54) is 28.7 Å². The molecule has 0 unspecified atom stereocenters. The lowest BCUT2D eigenvalue weighted by Crippen LogP contribution is -2.50. The molecule has 0 N–H and O–H groups in total. The highest BCUT2D eigenvalue weighted by atomic mass is 32.2. The molecule has 0 saturated carbocycles. The van der Waals surface area contributed by atoms with Crippen LogP contribution in [0, 0.1) is 17.5 Å². The van der Waals surface area contributed by atoms with Gasteiger partial charge in [0.25, 0.3) is 0 Å². The summed E-state index contributed by atoms with van der Waals surface area (Å²) < 4.78 is 74.8. The SMILES string of the molecule is CC(C)S(=O)(=O)N1CCN(c2cnn(-c3cc(F)cc(F)c3)c(=O)c2OCc2ccccc2F)CC1. The predicted molar refractivity (Wildman–Crippen MR) is 128 cm³/mol. The Morgan fingerprint density at radius 1 is 1.00 bits per heavy atom. The highest BCUT2D eigenvalue weighted by Gasteiger charge is 2.31. The van der Waals surface area contributed by atoms with Crippen LogP contribution in [-0.2, 0) is 16.6 Å². The number of halogens is 3. The van der Waals surface area contributed by atoms with Crippen molar-refractivity contribution >= 4 is 15.7 Å². The molecule has 1 fully saturated rings. The highest BCUT2D eigenvalue weighted by Crippen LogP contribution is 2.27. The number of anilines is 1. The Morgan fingerprint density at radius 2 is 1.64 bits per heavy atom. The van der Waals surface area contributed by atoms with Gasteiger partial charge >= 0.3 is 5.56 Å². The summed E-state index contributed by atoms with van der Waals surface area (Å²) in [6, 6.07) is 8.48. The van der Waals surface area contributed by atoms with Crippen molar-refractivity contribution < 1.29 is 26.3 Å². The van der Waals surface area contributed by atoms with Gasteiger partial charge in [0, 0.05) is 37.8 Å². The van der Waals surface area contributed by atoms with Gasteiger partial charge in [-0.1, -0.05) is 18.2 Å². The number of sulfonamides is 1. The maximum absolute atomic E-state index is 14.2. The lowest BCUT2D eigenvalue weighted by Gasteiger charge is -2.36. The first-order valence-electron chi connectivity index (χ1n) is 11.3. The second-order valence-corrected chi connectivity index (χ2v) is 11.1. The lowest BCUT2D eigenvalue weighted by atomic mass is 10.2. The Hall–Kier alpha value is -3.38. The normalized spacial score (nSPS) is 14.9. The fraction of sp³-hybridized carbons (Fsp3) is 0.333. The molecular weight excluding hydrogens is 497 g/mol. The van der Waals surface area contributed by atoms with Gasteiger partial charge in [-0.3, -0.25) is 4.79 Å². The standard InChI is InChI=1S/C24H25F3N4O4S/c1-16(2)36(33,34)30-9-7-29(8-10-30)22-14-28-31(20-12-18(25)11-19(26)13-20)24(32)23(22)35-15-17-5-3-4-6-21(17)27/h3-6,11-14,16H,7-10,15H2,1-2H3. The number of aromatic nitrogens is 2. The molecule has 12 heteroatoms. The van der Waals surface area contributed by atoms with Crippen LogP contribution in [0.3, 0.4) is 0 Å². The van der Waals surface area contributed by atoms with Crippen LogP contribution in [0.15, 0.2) is 53.5 Å². The van der Waals surface area contributed by atoms with E-state index in [4.69, 9.17) is 4.74 Å². The second kappa shape index (κ2) is 10.3. The first kappa shape index (κ1) is 25.7. The van der Waals surface area contributed by atoms with Crippen molar-refractivity contribution in [3.8, 4) is 11.4 Å². The van der Waals surface area contributed by atoms with Gasteiger partial charge in [-0.2, -0.15) is 14.1 Å². The number of hydrogen-bond acceptors (Lipinski definition) is 6. The summed E-state index contributed by atoms with van der Waals surface area (Å²) in [4.78, 5) is 15.1. The maximum Gasteiger partial charge on any atom is 0.316 e. The summed E-state index contributed by atoms with van der Waals surface area (Å²) in [5.74, 6) is -2.50. The van der Waals surface area contributed by atoms with E-state index in [1.54, 1.807) is 24.8 Å². The maximum atomic E-state index is 14.2. The molecule has 4 rings (SSSR count). The molecule has 36 heavy (non-hydrogen) atoms. The van der Waals surface area contributed by atoms with Gasteiger partial charge in [0.15, 0.2) is 0 Å². The van der Waals surface area contributed by atoms with Gasteiger partial charge in [-0.25, -0.2) is 21.6 Å². The number of ether oxygens (including phenoxy) is 1. The first-order chi connectivity index (χ1) is 17.1. The molecule has 0 atom stereocenters. The number of nitrogens with zero attached hydrogens (tertiary/aromatic N) is 4. The fourth-order valence-electron chi connectivity index (χ4n) is 3.88. The van der Waals surface area contributed by atoms with Crippen molar-refractivity contribution in [2.75, 3.05) is 31.1 Å². The van der Waals surface area contributed by atoms with Crippen LogP contribution in [0.25, 0.3) is 5.69 Å². The highest BCUT2D eigenvalue weighted by molar-refractivity contribution is 7.89. The zero-order chi connectivity index (χ0) is 26.0. The van der Waals surface area contributed by atoms with Gasteiger partial charge in [-0.05, 0) is 32.0 Å². The summed E-state index contributed by atoms with van der Waals surface area (Å²) in [5, 5.41) is 3.51. The molecule has 0 spiro atoms. The van der Waals surface area contributed by atoms with Crippen molar-refractivity contribution in [3.63, 3.8) is 0 Å². The third-order valence-electron chi connectivity index (χ3n) is 5.87. The molecule has 2 aromatic carbocycles. The average molecular weight is 523 g/mol. The molecule has 192 valence electrons. The van der Waals surface area contributed by atoms with Gasteiger partial charge in [-0.15, -0.1) is 0 Å². The zero-order valence-corrected chi connectivity index (χ0v) is 20.5. The van der Waals surface area contributed by atoms with Gasteiger partial charge in [0.05, 0.1) is 17.1 Å². The van der Waals surface area contributed by atoms with Crippen LogP contribution < -0.4 is 15.2 Å². The minimum absolute atomic E-state index is 0.146. The lowest BCUT2D eigenvalue weighted by molar-refractivity contribution is 0.292. The van der Waals surface area contributed by atoms with Gasteiger partial charge in [0.2, 0.25) is 15.8 Å². The minimum atomic E-state index is -3.44. The Labute approximate surface area is 206 Å². The average Bonchev–Trinajstić information content (AvgIpc) is 2.83. The Balaban J connectivity index is 1.70. The van der Waals surface area contributed by atoms with Gasteiger partial charge < -0.3 is 9.64 Å². The number of benzene rings is 2. The number of piperazine rings is 1. The Kier molecular flexibility index (Phi) is 7.36. The summed E-state index contributed by atoms with van der Waals surface area (Å²) in [6.45, 7) is 3.81. The van der Waals surface area contributed by atoms with Crippen LogP contribution in [-0.4, -0.2) is 53.9 Å². The molecule has 1 saturated heterocycles. The minimum Gasteiger partial charge on any atom is -0.481 e. The molecule has 0 bridgehead atoms. The molecule has 0 aliphatic carbocycles. The molecule has 2 heterocycles. The molecular formula is C24H25F3N4O4S. The van der Waals surface area contributed by atoms with Crippen LogP contribution in [0.2, 0.25) is 0 Å². The second-order valence-electron chi connectivity index (χ2n) is 8.56. The monoisotopic (exact) mass is 522 g/mol. The molecule has 1 aliphatic heterocycles. The van der Waals surface area contributed by atoms with E-state index in [1.807, 2.05) is 0 Å². The molecule has 1 aromatic heterocycles. The van der Waals surface area contributed by atoms with E-state index < -0.39 is 38.3 Å². The summed E-state index contributed by atoms with van der Waals surface area (Å²) >= 11 is 0. The largest absolute Gasteiger partial charge is 0.481 e. The van der Waals surface area contributed by atoms with Crippen LogP contribution in [0.4, 0.5) is 18.9 Å². The molecule has 0 amide bonds. The van der Waals surface area contributed by atoms with Crippen molar-refractivity contribution in [1.29, 1.82) is 0 Å². The molecule has 0 radical (unpaired) electrons. The topological polar surface area (TPSA) is 84.7 Å². The first-order valence-corrected chi connectivity index (χ1v) is 12.8. The third kappa shape index (κ3) is 5.24. The van der Waals surface area contributed by atoms with E-state index >= 15 is 0 Å². The number of hydrogen-bond donors (Lipinski definition) is 0. The van der Waals surface area contributed by atoms with Crippen molar-refractivity contribution in [2.24, 2.45) is 0 Å². The summed E-state index contributed by atoms with van der Waals surface area (Å²) in [7, 11) is -3.44. The van der Waals surface area contributed by atoms with Crippen LogP contribution >= 0.6 is 0 Å². The van der Waals surface area contributed by atoms with Crippen molar-refractivity contribution in [1.82, 2.24) is 14.1 Å². The van der Waals surface area contributed by atoms with E-state index in [2.05, 4.69) is 5.10 Å². The van der Waals surface area contributed by atoms with Crippen LogP contribution in [0.1, 0.15) is 19.4 Å². The smallest absolute Gasteiger partial charge is 0.316 e. The van der Waals surface area contributed by atoms with Crippen LogP contribution in [0.5, 0.6) is 5.75 Å². The summed E-state index contributed by atoms with van der Waals surface area (Å²) in [5.41, 5.74) is -0.472. The molecule has 8 nitrogen and oxygen atoms in total. The summed E-state index contributed by atoms with van der Waals surface area (Å²) in [6.07, 6.45) is 1.31. The predicted octanol–water partition coefficient (Wildman–Crippen LogP) is 3.09.